The third kappa shape index (κ3) is 6.99. The molecule has 0 aliphatic heterocycles. The Morgan fingerprint density at radius 2 is 2.00 bits per heavy atom. The molecule has 1 aromatic rings. The molecule has 0 saturated carbocycles. The summed E-state index contributed by atoms with van der Waals surface area (Å²) in [5.41, 5.74) is 6.96. The largest absolute Gasteiger partial charge is 0.491 e. The Bertz CT molecular complexity index is 402. The molecule has 0 aliphatic carbocycles. The monoisotopic (exact) mass is 279 g/mol. The standard InChI is InChI=1S/C15H25N3O2/c1-12(2)20-14-6-4-13(5-7-14)8-9-17-15(16)18-10-11-19-3/h4-7,12H,8-11H2,1-3H3,(H3,16,17,18). The molecule has 0 aliphatic rings. The number of nitrogens with zero attached hydrogens (tertiary/aromatic N) is 1. The highest BCUT2D eigenvalue weighted by molar-refractivity contribution is 5.77. The van der Waals surface area contributed by atoms with Crippen molar-refractivity contribution >= 4 is 5.96 Å². The molecule has 0 aromatic heterocycles. The topological polar surface area (TPSA) is 68.9 Å². The van der Waals surface area contributed by atoms with Gasteiger partial charge in [0.25, 0.3) is 0 Å². The third-order valence-corrected chi connectivity index (χ3v) is 2.59. The molecule has 0 bridgehead atoms. The summed E-state index contributed by atoms with van der Waals surface area (Å²) in [5.74, 6) is 1.36. The van der Waals surface area contributed by atoms with Crippen LogP contribution in [0.4, 0.5) is 0 Å². The Labute approximate surface area is 121 Å². The number of ether oxygens (including phenoxy) is 2. The fourth-order valence-electron chi connectivity index (χ4n) is 1.66. The number of aliphatic imine (C=N–C) groups is 1. The van der Waals surface area contributed by atoms with Crippen molar-refractivity contribution in [1.82, 2.24) is 5.32 Å². The lowest BCUT2D eigenvalue weighted by Gasteiger charge is -2.10. The molecule has 1 aromatic carbocycles. The summed E-state index contributed by atoms with van der Waals surface area (Å²) in [6.45, 7) is 5.95. The van der Waals surface area contributed by atoms with Gasteiger partial charge < -0.3 is 20.5 Å². The van der Waals surface area contributed by atoms with Gasteiger partial charge in [0.1, 0.15) is 5.75 Å². The van der Waals surface area contributed by atoms with Gasteiger partial charge in [-0.1, -0.05) is 12.1 Å². The lowest BCUT2D eigenvalue weighted by molar-refractivity contribution is 0.208. The molecule has 1 rings (SSSR count). The van der Waals surface area contributed by atoms with E-state index in [0.717, 1.165) is 18.7 Å². The maximum absolute atomic E-state index is 5.72. The number of guanidine groups is 1. The molecule has 0 unspecified atom stereocenters. The van der Waals surface area contributed by atoms with Gasteiger partial charge >= 0.3 is 0 Å². The van der Waals surface area contributed by atoms with Crippen molar-refractivity contribution in [2.75, 3.05) is 26.8 Å². The Balaban J connectivity index is 2.29. The first-order chi connectivity index (χ1) is 9.61. The molecule has 0 radical (unpaired) electrons. The van der Waals surface area contributed by atoms with Gasteiger partial charge in [-0.3, -0.25) is 4.99 Å². The summed E-state index contributed by atoms with van der Waals surface area (Å²) in [5, 5.41) is 3.08. The normalized spacial score (nSPS) is 11.7. The summed E-state index contributed by atoms with van der Waals surface area (Å²) in [6, 6.07) is 8.12. The van der Waals surface area contributed by atoms with Crippen LogP contribution in [0.2, 0.25) is 0 Å². The highest BCUT2D eigenvalue weighted by Crippen LogP contribution is 2.13. The number of hydrogen-bond acceptors (Lipinski definition) is 3. The van der Waals surface area contributed by atoms with Crippen LogP contribution < -0.4 is 15.8 Å². The van der Waals surface area contributed by atoms with E-state index in [1.54, 1.807) is 7.11 Å². The number of rotatable bonds is 8. The summed E-state index contributed by atoms with van der Waals surface area (Å²) >= 11 is 0. The van der Waals surface area contributed by atoms with Crippen LogP contribution in [0.25, 0.3) is 0 Å². The number of benzene rings is 1. The van der Waals surface area contributed by atoms with Crippen LogP contribution in [-0.2, 0) is 11.2 Å². The zero-order valence-electron chi connectivity index (χ0n) is 12.6. The van der Waals surface area contributed by atoms with Crippen molar-refractivity contribution in [3.05, 3.63) is 29.8 Å². The van der Waals surface area contributed by atoms with Crippen LogP contribution in [0.15, 0.2) is 29.3 Å². The maximum Gasteiger partial charge on any atom is 0.188 e. The van der Waals surface area contributed by atoms with E-state index in [2.05, 4.69) is 22.4 Å². The Morgan fingerprint density at radius 1 is 1.30 bits per heavy atom. The fraction of sp³-hybridized carbons (Fsp3) is 0.533. The number of nitrogens with two attached hydrogens (primary N) is 1. The lowest BCUT2D eigenvalue weighted by Crippen LogP contribution is -2.33. The Hall–Kier alpha value is -1.75. The van der Waals surface area contributed by atoms with Crippen LogP contribution >= 0.6 is 0 Å². The number of methoxy groups -OCH3 is 1. The van der Waals surface area contributed by atoms with Gasteiger partial charge in [0.2, 0.25) is 0 Å². The second-order valence-electron chi connectivity index (χ2n) is 4.75. The van der Waals surface area contributed by atoms with Crippen LogP contribution in [0.5, 0.6) is 5.75 Å². The molecule has 20 heavy (non-hydrogen) atoms. The zero-order chi connectivity index (χ0) is 14.8. The van der Waals surface area contributed by atoms with E-state index in [4.69, 9.17) is 15.2 Å². The van der Waals surface area contributed by atoms with Crippen molar-refractivity contribution in [2.24, 2.45) is 10.7 Å². The second-order valence-corrected chi connectivity index (χ2v) is 4.75. The van der Waals surface area contributed by atoms with Gasteiger partial charge in [-0.15, -0.1) is 0 Å². The van der Waals surface area contributed by atoms with E-state index >= 15 is 0 Å². The van der Waals surface area contributed by atoms with Gasteiger partial charge in [-0.2, -0.15) is 0 Å². The average Bonchev–Trinajstić information content (AvgIpc) is 2.40. The van der Waals surface area contributed by atoms with Crippen molar-refractivity contribution < 1.29 is 9.47 Å². The van der Waals surface area contributed by atoms with Gasteiger partial charge in [-0.05, 0) is 38.0 Å². The predicted molar refractivity (Wildman–Crippen MR) is 82.3 cm³/mol. The summed E-state index contributed by atoms with van der Waals surface area (Å²) < 4.78 is 10.5. The number of hydrogen-bond donors (Lipinski definition) is 2. The first-order valence-electron chi connectivity index (χ1n) is 6.90. The minimum absolute atomic E-state index is 0.200. The zero-order valence-corrected chi connectivity index (χ0v) is 12.6. The van der Waals surface area contributed by atoms with Crippen molar-refractivity contribution in [2.45, 2.75) is 26.4 Å². The molecular formula is C15H25N3O2. The quantitative estimate of drug-likeness (QED) is 0.430. The van der Waals surface area contributed by atoms with E-state index in [0.29, 0.717) is 19.1 Å². The van der Waals surface area contributed by atoms with Gasteiger partial charge in [-0.25, -0.2) is 0 Å². The van der Waals surface area contributed by atoms with Gasteiger partial charge in [0.15, 0.2) is 5.96 Å². The summed E-state index contributed by atoms with van der Waals surface area (Å²) in [4.78, 5) is 4.13. The van der Waals surface area contributed by atoms with E-state index in [1.165, 1.54) is 5.56 Å². The molecular weight excluding hydrogens is 254 g/mol. The second kappa shape index (κ2) is 9.20. The van der Waals surface area contributed by atoms with Crippen molar-refractivity contribution in [3.8, 4) is 5.75 Å². The smallest absolute Gasteiger partial charge is 0.188 e. The molecule has 5 heteroatoms. The first kappa shape index (κ1) is 16.3. The van der Waals surface area contributed by atoms with Crippen LogP contribution in [0.3, 0.4) is 0 Å². The van der Waals surface area contributed by atoms with E-state index in [-0.39, 0.29) is 6.10 Å². The van der Waals surface area contributed by atoms with Gasteiger partial charge in [0.05, 0.1) is 19.3 Å². The highest BCUT2D eigenvalue weighted by Gasteiger charge is 1.98. The minimum atomic E-state index is 0.200. The molecule has 3 N–H and O–H groups in total. The third-order valence-electron chi connectivity index (χ3n) is 2.59. The highest BCUT2D eigenvalue weighted by atomic mass is 16.5. The minimum Gasteiger partial charge on any atom is -0.491 e. The molecule has 0 heterocycles. The van der Waals surface area contributed by atoms with Gasteiger partial charge in [0, 0.05) is 13.7 Å². The number of nitrogens with one attached hydrogen (secondary N) is 1. The molecule has 112 valence electrons. The van der Waals surface area contributed by atoms with Crippen molar-refractivity contribution in [3.63, 3.8) is 0 Å². The fourth-order valence-corrected chi connectivity index (χ4v) is 1.66. The molecule has 0 atom stereocenters. The molecule has 5 nitrogen and oxygen atoms in total. The molecule has 0 amide bonds. The molecule has 0 fully saturated rings. The van der Waals surface area contributed by atoms with Crippen LogP contribution in [0, 0.1) is 0 Å². The van der Waals surface area contributed by atoms with E-state index in [9.17, 15) is 0 Å². The average molecular weight is 279 g/mol. The van der Waals surface area contributed by atoms with Crippen molar-refractivity contribution in [1.29, 1.82) is 0 Å². The van der Waals surface area contributed by atoms with E-state index < -0.39 is 0 Å². The first-order valence-corrected chi connectivity index (χ1v) is 6.90. The van der Waals surface area contributed by atoms with Crippen LogP contribution in [0.1, 0.15) is 19.4 Å². The maximum atomic E-state index is 5.72. The lowest BCUT2D eigenvalue weighted by atomic mass is 10.1. The molecule has 0 spiro atoms. The Morgan fingerprint density at radius 3 is 2.60 bits per heavy atom. The predicted octanol–water partition coefficient (Wildman–Crippen LogP) is 1.57. The summed E-state index contributed by atoms with van der Waals surface area (Å²) in [6.07, 6.45) is 1.09. The van der Waals surface area contributed by atoms with E-state index in [1.807, 2.05) is 26.0 Å². The summed E-state index contributed by atoms with van der Waals surface area (Å²) in [7, 11) is 1.64. The SMILES string of the molecule is COCCN=C(N)NCCc1ccc(OC(C)C)cc1. The molecule has 0 saturated heterocycles. The van der Waals surface area contributed by atoms with Crippen LogP contribution in [-0.4, -0.2) is 38.9 Å². The Kier molecular flexibility index (Phi) is 7.50.